The summed E-state index contributed by atoms with van der Waals surface area (Å²) in [6.07, 6.45) is 1.24. The number of hydrogen-bond donors (Lipinski definition) is 0. The molecule has 1 aromatic heterocycles. The summed E-state index contributed by atoms with van der Waals surface area (Å²) >= 11 is 0. The fourth-order valence-corrected chi connectivity index (χ4v) is 1.17. The van der Waals surface area contributed by atoms with Crippen molar-refractivity contribution in [2.45, 2.75) is 26.8 Å². The zero-order chi connectivity index (χ0) is 10.7. The van der Waals surface area contributed by atoms with Gasteiger partial charge in [0.05, 0.1) is 0 Å². The molecule has 0 saturated carbocycles. The van der Waals surface area contributed by atoms with Crippen molar-refractivity contribution in [1.82, 2.24) is 9.97 Å². The van der Waals surface area contributed by atoms with Crippen molar-refractivity contribution < 1.29 is 4.39 Å². The summed E-state index contributed by atoms with van der Waals surface area (Å²) in [6, 6.07) is 1.67. The first-order valence-electron chi connectivity index (χ1n) is 4.72. The van der Waals surface area contributed by atoms with Gasteiger partial charge in [0.25, 0.3) is 0 Å². The van der Waals surface area contributed by atoms with Crippen molar-refractivity contribution in [1.29, 1.82) is 0 Å². The van der Waals surface area contributed by atoms with Crippen molar-refractivity contribution >= 4 is 5.82 Å². The second kappa shape index (κ2) is 4.35. The molecule has 1 heterocycles. The normalized spacial score (nSPS) is 13.0. The molecule has 3 nitrogen and oxygen atoms in total. The van der Waals surface area contributed by atoms with Crippen LogP contribution >= 0.6 is 0 Å². The van der Waals surface area contributed by atoms with Gasteiger partial charge in [-0.2, -0.15) is 4.39 Å². The summed E-state index contributed by atoms with van der Waals surface area (Å²) in [4.78, 5) is 9.39. The fraction of sp³-hybridized carbons (Fsp3) is 0.600. The summed E-state index contributed by atoms with van der Waals surface area (Å²) in [5, 5.41) is 0. The van der Waals surface area contributed by atoms with Crippen molar-refractivity contribution in [3.8, 4) is 0 Å². The molecule has 0 amide bonds. The first-order chi connectivity index (χ1) is 6.52. The lowest BCUT2D eigenvalue weighted by Gasteiger charge is -2.28. The maximum absolute atomic E-state index is 12.8. The van der Waals surface area contributed by atoms with Gasteiger partial charge in [-0.25, -0.2) is 9.97 Å². The quantitative estimate of drug-likeness (QED) is 0.695. The molecule has 78 valence electrons. The Balaban J connectivity index is 2.83. The van der Waals surface area contributed by atoms with Crippen LogP contribution in [0.1, 0.15) is 20.8 Å². The molecule has 0 fully saturated rings. The molecule has 1 atom stereocenters. The molecule has 0 radical (unpaired) electrons. The average Bonchev–Trinajstić information content (AvgIpc) is 2.15. The van der Waals surface area contributed by atoms with Crippen LogP contribution in [-0.2, 0) is 0 Å². The Hall–Kier alpha value is -1.19. The van der Waals surface area contributed by atoms with Crippen molar-refractivity contribution in [2.24, 2.45) is 5.92 Å². The Morgan fingerprint density at radius 1 is 1.29 bits per heavy atom. The molecule has 1 aromatic rings. The smallest absolute Gasteiger partial charge is 0.218 e. The Labute approximate surface area is 84.0 Å². The van der Waals surface area contributed by atoms with Crippen molar-refractivity contribution in [2.75, 3.05) is 11.9 Å². The first-order valence-corrected chi connectivity index (χ1v) is 4.72. The second-order valence-electron chi connectivity index (χ2n) is 3.79. The molecule has 0 saturated heterocycles. The summed E-state index contributed by atoms with van der Waals surface area (Å²) in [7, 11) is 1.91. The maximum atomic E-state index is 12.8. The fourth-order valence-electron chi connectivity index (χ4n) is 1.17. The third-order valence-electron chi connectivity index (χ3n) is 2.56. The monoisotopic (exact) mass is 197 g/mol. The molecular formula is C10H16FN3. The minimum Gasteiger partial charge on any atom is -0.357 e. The van der Waals surface area contributed by atoms with E-state index in [9.17, 15) is 4.39 Å². The van der Waals surface area contributed by atoms with Crippen LogP contribution in [-0.4, -0.2) is 23.1 Å². The Kier molecular flexibility index (Phi) is 3.38. The molecule has 0 aliphatic heterocycles. The van der Waals surface area contributed by atoms with Crippen LogP contribution in [0.5, 0.6) is 0 Å². The van der Waals surface area contributed by atoms with E-state index >= 15 is 0 Å². The molecule has 1 rings (SSSR count). The molecule has 1 unspecified atom stereocenters. The van der Waals surface area contributed by atoms with Gasteiger partial charge in [-0.15, -0.1) is 0 Å². The summed E-state index contributed by atoms with van der Waals surface area (Å²) in [6.45, 7) is 6.34. The Bertz CT molecular complexity index is 301. The number of halogens is 1. The molecule has 0 bridgehead atoms. The largest absolute Gasteiger partial charge is 0.357 e. The van der Waals surface area contributed by atoms with Gasteiger partial charge in [-0.3, -0.25) is 0 Å². The van der Waals surface area contributed by atoms with E-state index in [0.717, 1.165) is 0 Å². The molecule has 0 spiro atoms. The van der Waals surface area contributed by atoms with Gasteiger partial charge in [-0.05, 0) is 12.8 Å². The zero-order valence-electron chi connectivity index (χ0n) is 9.03. The molecule has 0 N–H and O–H groups in total. The van der Waals surface area contributed by atoms with Crippen LogP contribution in [0.25, 0.3) is 0 Å². The zero-order valence-corrected chi connectivity index (χ0v) is 9.03. The van der Waals surface area contributed by atoms with Gasteiger partial charge in [0.15, 0.2) is 0 Å². The number of aromatic nitrogens is 2. The molecule has 14 heavy (non-hydrogen) atoms. The highest BCUT2D eigenvalue weighted by molar-refractivity contribution is 5.36. The molecule has 4 heteroatoms. The van der Waals surface area contributed by atoms with Gasteiger partial charge in [0.1, 0.15) is 12.1 Å². The number of rotatable bonds is 3. The summed E-state index contributed by atoms with van der Waals surface area (Å²) < 4.78 is 12.8. The van der Waals surface area contributed by atoms with Crippen LogP contribution in [0.4, 0.5) is 10.2 Å². The van der Waals surface area contributed by atoms with E-state index in [-0.39, 0.29) is 0 Å². The highest BCUT2D eigenvalue weighted by atomic mass is 19.1. The van der Waals surface area contributed by atoms with Crippen LogP contribution in [0.15, 0.2) is 12.4 Å². The van der Waals surface area contributed by atoms with E-state index in [1.54, 1.807) is 0 Å². The maximum Gasteiger partial charge on any atom is 0.218 e. The standard InChI is InChI=1S/C10H16FN3/c1-7(2)8(3)14(4)10-5-9(11)12-6-13-10/h5-8H,1-4H3. The first kappa shape index (κ1) is 10.9. The lowest BCUT2D eigenvalue weighted by molar-refractivity contribution is 0.499. The minimum absolute atomic E-state index is 0.323. The van der Waals surface area contributed by atoms with E-state index in [1.165, 1.54) is 12.4 Å². The lowest BCUT2D eigenvalue weighted by atomic mass is 10.1. The Morgan fingerprint density at radius 3 is 2.43 bits per heavy atom. The second-order valence-corrected chi connectivity index (χ2v) is 3.79. The number of anilines is 1. The van der Waals surface area contributed by atoms with E-state index in [4.69, 9.17) is 0 Å². The predicted molar refractivity (Wildman–Crippen MR) is 54.7 cm³/mol. The Morgan fingerprint density at radius 2 is 1.93 bits per heavy atom. The molecule has 0 aromatic carbocycles. The molecule has 0 aliphatic carbocycles. The third-order valence-corrected chi connectivity index (χ3v) is 2.56. The number of nitrogens with zero attached hydrogens (tertiary/aromatic N) is 3. The minimum atomic E-state index is -0.488. The van der Waals surface area contributed by atoms with Gasteiger partial charge >= 0.3 is 0 Å². The number of hydrogen-bond acceptors (Lipinski definition) is 3. The molecule has 0 aliphatic rings. The topological polar surface area (TPSA) is 29.0 Å². The van der Waals surface area contributed by atoms with E-state index < -0.39 is 5.95 Å². The average molecular weight is 197 g/mol. The summed E-state index contributed by atoms with van der Waals surface area (Å²) in [5.41, 5.74) is 0. The SMILES string of the molecule is CC(C)C(C)N(C)c1cc(F)ncn1. The predicted octanol–water partition coefficient (Wildman–Crippen LogP) is 2.10. The van der Waals surface area contributed by atoms with Gasteiger partial charge in [0, 0.05) is 19.2 Å². The van der Waals surface area contributed by atoms with Gasteiger partial charge < -0.3 is 4.90 Å². The van der Waals surface area contributed by atoms with Crippen LogP contribution in [0, 0.1) is 11.9 Å². The highest BCUT2D eigenvalue weighted by Crippen LogP contribution is 2.16. The van der Waals surface area contributed by atoms with E-state index in [2.05, 4.69) is 30.7 Å². The van der Waals surface area contributed by atoms with Crippen LogP contribution in [0.2, 0.25) is 0 Å². The van der Waals surface area contributed by atoms with Gasteiger partial charge in [0.2, 0.25) is 5.95 Å². The van der Waals surface area contributed by atoms with E-state index in [0.29, 0.717) is 17.8 Å². The van der Waals surface area contributed by atoms with E-state index in [1.807, 2.05) is 11.9 Å². The van der Waals surface area contributed by atoms with Crippen molar-refractivity contribution in [3.63, 3.8) is 0 Å². The third kappa shape index (κ3) is 2.40. The highest BCUT2D eigenvalue weighted by Gasteiger charge is 2.14. The van der Waals surface area contributed by atoms with Gasteiger partial charge in [-0.1, -0.05) is 13.8 Å². The van der Waals surface area contributed by atoms with Crippen LogP contribution in [0.3, 0.4) is 0 Å². The summed E-state index contributed by atoms with van der Waals surface area (Å²) in [5.74, 6) is 0.634. The van der Waals surface area contributed by atoms with Crippen LogP contribution < -0.4 is 4.90 Å². The van der Waals surface area contributed by atoms with Crippen molar-refractivity contribution in [3.05, 3.63) is 18.3 Å². The molecular weight excluding hydrogens is 181 g/mol. The lowest BCUT2D eigenvalue weighted by Crippen LogP contribution is -2.33.